The third-order valence-electron chi connectivity index (χ3n) is 4.10. The zero-order chi connectivity index (χ0) is 14.0. The Morgan fingerprint density at radius 1 is 1.42 bits per heavy atom. The molecule has 0 spiro atoms. The standard InChI is InChI=1S/C15H24BrN3/c1-15(2)11-19(13-7-5-6-12(16)8-13)14(9-17-3)10-18(15)4/h5-8,14,17H,9-11H2,1-4H3. The maximum absolute atomic E-state index is 3.58. The number of hydrogen-bond donors (Lipinski definition) is 1. The number of hydrogen-bond acceptors (Lipinski definition) is 3. The van der Waals surface area contributed by atoms with Gasteiger partial charge in [0.25, 0.3) is 0 Å². The average molecular weight is 326 g/mol. The van der Waals surface area contributed by atoms with E-state index in [4.69, 9.17) is 0 Å². The van der Waals surface area contributed by atoms with Gasteiger partial charge in [-0.1, -0.05) is 22.0 Å². The molecule has 2 rings (SSSR count). The average Bonchev–Trinajstić information content (AvgIpc) is 2.34. The molecule has 1 atom stereocenters. The number of benzene rings is 1. The van der Waals surface area contributed by atoms with Crippen molar-refractivity contribution >= 4 is 21.6 Å². The van der Waals surface area contributed by atoms with Crippen LogP contribution in [-0.4, -0.2) is 50.2 Å². The first-order chi connectivity index (χ1) is 8.94. The second kappa shape index (κ2) is 5.81. The monoisotopic (exact) mass is 325 g/mol. The highest BCUT2D eigenvalue weighted by molar-refractivity contribution is 9.10. The predicted octanol–water partition coefficient (Wildman–Crippen LogP) is 2.57. The fourth-order valence-corrected chi connectivity index (χ4v) is 3.08. The highest BCUT2D eigenvalue weighted by atomic mass is 79.9. The molecule has 0 radical (unpaired) electrons. The molecule has 1 aromatic rings. The van der Waals surface area contributed by atoms with Crippen LogP contribution in [-0.2, 0) is 0 Å². The predicted molar refractivity (Wildman–Crippen MR) is 85.9 cm³/mol. The summed E-state index contributed by atoms with van der Waals surface area (Å²) in [7, 11) is 4.25. The Morgan fingerprint density at radius 2 is 2.16 bits per heavy atom. The van der Waals surface area contributed by atoms with E-state index >= 15 is 0 Å². The van der Waals surface area contributed by atoms with Crippen molar-refractivity contribution in [3.63, 3.8) is 0 Å². The Labute approximate surface area is 125 Å². The van der Waals surface area contributed by atoms with Crippen molar-refractivity contribution < 1.29 is 0 Å². The molecule has 1 heterocycles. The Bertz CT molecular complexity index is 433. The summed E-state index contributed by atoms with van der Waals surface area (Å²) in [4.78, 5) is 4.99. The van der Waals surface area contributed by atoms with E-state index in [1.54, 1.807) is 0 Å². The number of likely N-dealkylation sites (N-methyl/N-ethyl adjacent to an activating group) is 2. The summed E-state index contributed by atoms with van der Waals surface area (Å²) in [5.74, 6) is 0. The number of nitrogens with zero attached hydrogens (tertiary/aromatic N) is 2. The van der Waals surface area contributed by atoms with Gasteiger partial charge in [0, 0.05) is 35.3 Å². The molecule has 0 bridgehead atoms. The molecular weight excluding hydrogens is 302 g/mol. The molecule has 1 aliphatic heterocycles. The number of anilines is 1. The third-order valence-corrected chi connectivity index (χ3v) is 4.59. The van der Waals surface area contributed by atoms with Crippen molar-refractivity contribution in [2.75, 3.05) is 38.6 Å². The molecule has 1 N–H and O–H groups in total. The second-order valence-electron chi connectivity index (χ2n) is 6.01. The molecule has 4 heteroatoms. The van der Waals surface area contributed by atoms with Crippen molar-refractivity contribution in [2.24, 2.45) is 0 Å². The van der Waals surface area contributed by atoms with Crippen LogP contribution in [0.5, 0.6) is 0 Å². The number of piperazine rings is 1. The minimum absolute atomic E-state index is 0.201. The topological polar surface area (TPSA) is 18.5 Å². The fourth-order valence-electron chi connectivity index (χ4n) is 2.70. The highest BCUT2D eigenvalue weighted by Gasteiger charge is 2.36. The summed E-state index contributed by atoms with van der Waals surface area (Å²) in [5, 5.41) is 3.32. The van der Waals surface area contributed by atoms with Gasteiger partial charge in [-0.2, -0.15) is 0 Å². The SMILES string of the molecule is CNCC1CN(C)C(C)(C)CN1c1cccc(Br)c1. The smallest absolute Gasteiger partial charge is 0.0542 e. The van der Waals surface area contributed by atoms with Crippen LogP contribution in [0.25, 0.3) is 0 Å². The first-order valence-corrected chi connectivity index (χ1v) is 7.61. The van der Waals surface area contributed by atoms with Crippen LogP contribution < -0.4 is 10.2 Å². The van der Waals surface area contributed by atoms with Gasteiger partial charge in [-0.05, 0) is 46.1 Å². The lowest BCUT2D eigenvalue weighted by Gasteiger charge is -2.50. The van der Waals surface area contributed by atoms with Crippen LogP contribution in [0.4, 0.5) is 5.69 Å². The molecule has 0 amide bonds. The van der Waals surface area contributed by atoms with Gasteiger partial charge >= 0.3 is 0 Å². The summed E-state index contributed by atoms with van der Waals surface area (Å²) < 4.78 is 1.14. The van der Waals surface area contributed by atoms with Gasteiger partial charge in [0.15, 0.2) is 0 Å². The lowest BCUT2D eigenvalue weighted by Crippen LogP contribution is -2.64. The first-order valence-electron chi connectivity index (χ1n) is 6.82. The largest absolute Gasteiger partial charge is 0.364 e. The zero-order valence-electron chi connectivity index (χ0n) is 12.3. The summed E-state index contributed by atoms with van der Waals surface area (Å²) in [6, 6.07) is 9.12. The summed E-state index contributed by atoms with van der Waals surface area (Å²) in [6.45, 7) is 7.76. The number of halogens is 1. The van der Waals surface area contributed by atoms with Gasteiger partial charge in [-0.15, -0.1) is 0 Å². The molecule has 0 saturated carbocycles. The van der Waals surface area contributed by atoms with Crippen molar-refractivity contribution in [3.8, 4) is 0 Å². The van der Waals surface area contributed by atoms with Gasteiger partial charge in [-0.3, -0.25) is 4.90 Å². The maximum atomic E-state index is 3.58. The normalized spacial score (nSPS) is 23.6. The third kappa shape index (κ3) is 3.30. The van der Waals surface area contributed by atoms with Gasteiger partial charge in [0.2, 0.25) is 0 Å². The van der Waals surface area contributed by atoms with E-state index in [0.29, 0.717) is 6.04 Å². The minimum Gasteiger partial charge on any atom is -0.364 e. The van der Waals surface area contributed by atoms with Gasteiger partial charge in [0.05, 0.1) is 6.04 Å². The van der Waals surface area contributed by atoms with E-state index in [0.717, 1.165) is 24.1 Å². The van der Waals surface area contributed by atoms with Gasteiger partial charge in [0.1, 0.15) is 0 Å². The van der Waals surface area contributed by atoms with E-state index in [-0.39, 0.29) is 5.54 Å². The Kier molecular flexibility index (Phi) is 4.54. The summed E-state index contributed by atoms with van der Waals surface area (Å²) in [6.07, 6.45) is 0. The van der Waals surface area contributed by atoms with E-state index in [2.05, 4.69) is 76.2 Å². The molecule has 1 fully saturated rings. The van der Waals surface area contributed by atoms with E-state index in [1.165, 1.54) is 5.69 Å². The summed E-state index contributed by atoms with van der Waals surface area (Å²) in [5.41, 5.74) is 1.50. The quantitative estimate of drug-likeness (QED) is 0.921. The van der Waals surface area contributed by atoms with Crippen molar-refractivity contribution in [1.82, 2.24) is 10.2 Å². The Morgan fingerprint density at radius 3 is 2.79 bits per heavy atom. The molecule has 1 aliphatic rings. The number of rotatable bonds is 3. The van der Waals surface area contributed by atoms with Crippen molar-refractivity contribution in [2.45, 2.75) is 25.4 Å². The Balaban J connectivity index is 2.28. The molecule has 0 aromatic heterocycles. The van der Waals surface area contributed by atoms with E-state index < -0.39 is 0 Å². The van der Waals surface area contributed by atoms with Crippen molar-refractivity contribution in [3.05, 3.63) is 28.7 Å². The molecule has 1 saturated heterocycles. The number of nitrogens with one attached hydrogen (secondary N) is 1. The Hall–Kier alpha value is -0.580. The highest BCUT2D eigenvalue weighted by Crippen LogP contribution is 2.29. The van der Waals surface area contributed by atoms with Crippen LogP contribution in [0.15, 0.2) is 28.7 Å². The second-order valence-corrected chi connectivity index (χ2v) is 6.93. The fraction of sp³-hybridized carbons (Fsp3) is 0.600. The zero-order valence-corrected chi connectivity index (χ0v) is 13.9. The molecule has 1 aromatic carbocycles. The maximum Gasteiger partial charge on any atom is 0.0542 e. The first kappa shape index (κ1) is 14.8. The lowest BCUT2D eigenvalue weighted by molar-refractivity contribution is 0.114. The molecule has 0 aliphatic carbocycles. The molecule has 106 valence electrons. The van der Waals surface area contributed by atoms with Crippen LogP contribution in [0.2, 0.25) is 0 Å². The van der Waals surface area contributed by atoms with Gasteiger partial charge in [-0.25, -0.2) is 0 Å². The van der Waals surface area contributed by atoms with Crippen LogP contribution in [0, 0.1) is 0 Å². The molecule has 19 heavy (non-hydrogen) atoms. The lowest BCUT2D eigenvalue weighted by atomic mass is 9.95. The minimum atomic E-state index is 0.201. The van der Waals surface area contributed by atoms with Gasteiger partial charge < -0.3 is 10.2 Å². The molecule has 3 nitrogen and oxygen atoms in total. The van der Waals surface area contributed by atoms with E-state index in [9.17, 15) is 0 Å². The summed E-state index contributed by atoms with van der Waals surface area (Å²) >= 11 is 3.58. The van der Waals surface area contributed by atoms with Crippen molar-refractivity contribution in [1.29, 1.82) is 0 Å². The molecular formula is C15H24BrN3. The van der Waals surface area contributed by atoms with Crippen LogP contribution in [0.1, 0.15) is 13.8 Å². The van der Waals surface area contributed by atoms with Crippen LogP contribution >= 0.6 is 15.9 Å². The van der Waals surface area contributed by atoms with E-state index in [1.807, 2.05) is 7.05 Å². The van der Waals surface area contributed by atoms with Crippen LogP contribution in [0.3, 0.4) is 0 Å². The molecule has 1 unspecified atom stereocenters.